The summed E-state index contributed by atoms with van der Waals surface area (Å²) in [5, 5.41) is 3.58. The van der Waals surface area contributed by atoms with E-state index in [-0.39, 0.29) is 0 Å². The number of hydrogen-bond donors (Lipinski definition) is 1. The number of rotatable bonds is 6. The Labute approximate surface area is 110 Å². The van der Waals surface area contributed by atoms with Crippen LogP contribution < -0.4 is 10.1 Å². The van der Waals surface area contributed by atoms with E-state index in [0.29, 0.717) is 6.04 Å². The molecule has 0 aromatic heterocycles. The molecular formula is C15H24N2O. The average Bonchev–Trinajstić information content (AvgIpc) is 2.45. The van der Waals surface area contributed by atoms with Crippen molar-refractivity contribution in [3.8, 4) is 5.75 Å². The van der Waals surface area contributed by atoms with E-state index >= 15 is 0 Å². The lowest BCUT2D eigenvalue weighted by Gasteiger charge is -2.31. The molecule has 1 aromatic carbocycles. The predicted octanol–water partition coefficient (Wildman–Crippen LogP) is 2.14. The molecule has 0 saturated carbocycles. The van der Waals surface area contributed by atoms with Gasteiger partial charge in [0.25, 0.3) is 0 Å². The number of hydrogen-bond acceptors (Lipinski definition) is 3. The Bertz CT molecular complexity index is 321. The van der Waals surface area contributed by atoms with E-state index in [0.717, 1.165) is 18.9 Å². The largest absolute Gasteiger partial charge is 0.492 e. The third-order valence-electron chi connectivity index (χ3n) is 3.58. The minimum atomic E-state index is 0.673. The lowest BCUT2D eigenvalue weighted by atomic mass is 10.1. The van der Waals surface area contributed by atoms with E-state index in [2.05, 4.69) is 17.1 Å². The SMILES string of the molecule is CCN1CCC(NCCOc2ccccc2)CC1. The molecule has 1 saturated heterocycles. The van der Waals surface area contributed by atoms with Crippen molar-refractivity contribution in [3.05, 3.63) is 30.3 Å². The zero-order valence-electron chi connectivity index (χ0n) is 11.3. The third kappa shape index (κ3) is 4.31. The standard InChI is InChI=1S/C15H24N2O/c1-2-17-11-8-14(9-12-17)16-10-13-18-15-6-4-3-5-7-15/h3-7,14,16H,2,8-13H2,1H3. The van der Waals surface area contributed by atoms with Crippen molar-refractivity contribution in [1.82, 2.24) is 10.2 Å². The fourth-order valence-electron chi connectivity index (χ4n) is 2.40. The molecule has 0 spiro atoms. The van der Waals surface area contributed by atoms with Crippen molar-refractivity contribution < 1.29 is 4.74 Å². The van der Waals surface area contributed by atoms with Crippen molar-refractivity contribution in [1.29, 1.82) is 0 Å². The predicted molar refractivity (Wildman–Crippen MR) is 75.1 cm³/mol. The molecule has 1 aliphatic heterocycles. The Hall–Kier alpha value is -1.06. The molecule has 100 valence electrons. The highest BCUT2D eigenvalue weighted by Gasteiger charge is 2.16. The first-order chi connectivity index (χ1) is 8.88. The van der Waals surface area contributed by atoms with E-state index in [1.54, 1.807) is 0 Å². The van der Waals surface area contributed by atoms with Crippen molar-refractivity contribution in [2.75, 3.05) is 32.8 Å². The Morgan fingerprint density at radius 2 is 1.94 bits per heavy atom. The first-order valence-corrected chi connectivity index (χ1v) is 7.02. The quantitative estimate of drug-likeness (QED) is 0.781. The van der Waals surface area contributed by atoms with Crippen LogP contribution in [0, 0.1) is 0 Å². The molecule has 1 heterocycles. The fourth-order valence-corrected chi connectivity index (χ4v) is 2.40. The van der Waals surface area contributed by atoms with Gasteiger partial charge in [-0.05, 0) is 44.6 Å². The van der Waals surface area contributed by atoms with E-state index in [9.17, 15) is 0 Å². The van der Waals surface area contributed by atoms with Crippen molar-refractivity contribution >= 4 is 0 Å². The van der Waals surface area contributed by atoms with Crippen LogP contribution in [-0.4, -0.2) is 43.7 Å². The summed E-state index contributed by atoms with van der Waals surface area (Å²) in [6.07, 6.45) is 2.53. The molecule has 0 bridgehead atoms. The van der Waals surface area contributed by atoms with Crippen LogP contribution in [-0.2, 0) is 0 Å². The van der Waals surface area contributed by atoms with Crippen LogP contribution in [0.5, 0.6) is 5.75 Å². The molecular weight excluding hydrogens is 224 g/mol. The highest BCUT2D eigenvalue weighted by Crippen LogP contribution is 2.10. The molecule has 18 heavy (non-hydrogen) atoms. The Morgan fingerprint density at radius 3 is 2.61 bits per heavy atom. The van der Waals surface area contributed by atoms with Gasteiger partial charge in [-0.25, -0.2) is 0 Å². The first-order valence-electron chi connectivity index (χ1n) is 7.02. The van der Waals surface area contributed by atoms with Crippen LogP contribution in [0.3, 0.4) is 0 Å². The number of ether oxygens (including phenoxy) is 1. The lowest BCUT2D eigenvalue weighted by molar-refractivity contribution is 0.200. The topological polar surface area (TPSA) is 24.5 Å². The highest BCUT2D eigenvalue weighted by molar-refractivity contribution is 5.20. The molecule has 1 fully saturated rings. The van der Waals surface area contributed by atoms with Crippen molar-refractivity contribution in [3.63, 3.8) is 0 Å². The summed E-state index contributed by atoms with van der Waals surface area (Å²) in [7, 11) is 0. The van der Waals surface area contributed by atoms with Gasteiger partial charge in [-0.1, -0.05) is 25.1 Å². The van der Waals surface area contributed by atoms with Gasteiger partial charge < -0.3 is 15.0 Å². The van der Waals surface area contributed by atoms with Gasteiger partial charge in [-0.3, -0.25) is 0 Å². The van der Waals surface area contributed by atoms with Crippen LogP contribution in [0.4, 0.5) is 0 Å². The molecule has 0 amide bonds. The summed E-state index contributed by atoms with van der Waals surface area (Å²) in [5.41, 5.74) is 0. The zero-order valence-corrected chi connectivity index (χ0v) is 11.3. The number of nitrogens with one attached hydrogen (secondary N) is 1. The second-order valence-corrected chi connectivity index (χ2v) is 4.82. The summed E-state index contributed by atoms with van der Waals surface area (Å²) in [4.78, 5) is 2.51. The number of piperidine rings is 1. The smallest absolute Gasteiger partial charge is 0.119 e. The molecule has 0 aliphatic carbocycles. The number of likely N-dealkylation sites (tertiary alicyclic amines) is 1. The maximum absolute atomic E-state index is 5.67. The van der Waals surface area contributed by atoms with Crippen LogP contribution in [0.2, 0.25) is 0 Å². The molecule has 3 heteroatoms. The molecule has 1 aliphatic rings. The molecule has 2 rings (SSSR count). The minimum Gasteiger partial charge on any atom is -0.492 e. The fraction of sp³-hybridized carbons (Fsp3) is 0.600. The Balaban J connectivity index is 1.56. The van der Waals surface area contributed by atoms with Crippen LogP contribution in [0.15, 0.2) is 30.3 Å². The molecule has 3 nitrogen and oxygen atoms in total. The maximum atomic E-state index is 5.67. The van der Waals surface area contributed by atoms with Crippen LogP contribution in [0.25, 0.3) is 0 Å². The van der Waals surface area contributed by atoms with Gasteiger partial charge in [0.15, 0.2) is 0 Å². The second kappa shape index (κ2) is 7.39. The Morgan fingerprint density at radius 1 is 1.22 bits per heavy atom. The van der Waals surface area contributed by atoms with Crippen molar-refractivity contribution in [2.45, 2.75) is 25.8 Å². The first kappa shape index (κ1) is 13.4. The Kier molecular flexibility index (Phi) is 5.49. The highest BCUT2D eigenvalue weighted by atomic mass is 16.5. The van der Waals surface area contributed by atoms with Gasteiger partial charge in [0.05, 0.1) is 0 Å². The van der Waals surface area contributed by atoms with Crippen LogP contribution >= 0.6 is 0 Å². The molecule has 1 aromatic rings. The lowest BCUT2D eigenvalue weighted by Crippen LogP contribution is -2.43. The molecule has 1 N–H and O–H groups in total. The van der Waals surface area contributed by atoms with Gasteiger partial charge in [-0.2, -0.15) is 0 Å². The second-order valence-electron chi connectivity index (χ2n) is 4.82. The number of benzene rings is 1. The summed E-state index contributed by atoms with van der Waals surface area (Å²) < 4.78 is 5.67. The number of para-hydroxylation sites is 1. The van der Waals surface area contributed by atoms with E-state index in [1.807, 2.05) is 30.3 Å². The summed E-state index contributed by atoms with van der Waals surface area (Å²) in [6.45, 7) is 7.57. The van der Waals surface area contributed by atoms with Crippen molar-refractivity contribution in [2.24, 2.45) is 0 Å². The van der Waals surface area contributed by atoms with Crippen LogP contribution in [0.1, 0.15) is 19.8 Å². The normalized spacial score (nSPS) is 17.8. The van der Waals surface area contributed by atoms with Gasteiger partial charge in [0.1, 0.15) is 12.4 Å². The summed E-state index contributed by atoms with van der Waals surface area (Å²) in [5.74, 6) is 0.958. The van der Waals surface area contributed by atoms with Gasteiger partial charge in [0.2, 0.25) is 0 Å². The maximum Gasteiger partial charge on any atom is 0.119 e. The monoisotopic (exact) mass is 248 g/mol. The number of nitrogens with zero attached hydrogens (tertiary/aromatic N) is 1. The third-order valence-corrected chi connectivity index (χ3v) is 3.58. The molecule has 0 unspecified atom stereocenters. The van der Waals surface area contributed by atoms with Gasteiger partial charge in [0, 0.05) is 12.6 Å². The van der Waals surface area contributed by atoms with E-state index in [1.165, 1.54) is 32.5 Å². The van der Waals surface area contributed by atoms with Gasteiger partial charge >= 0.3 is 0 Å². The average molecular weight is 248 g/mol. The summed E-state index contributed by atoms with van der Waals surface area (Å²) >= 11 is 0. The zero-order chi connectivity index (χ0) is 12.6. The van der Waals surface area contributed by atoms with Gasteiger partial charge in [-0.15, -0.1) is 0 Å². The molecule has 0 radical (unpaired) electrons. The summed E-state index contributed by atoms with van der Waals surface area (Å²) in [6, 6.07) is 10.7. The minimum absolute atomic E-state index is 0.673. The van der Waals surface area contributed by atoms with E-state index in [4.69, 9.17) is 4.74 Å². The van der Waals surface area contributed by atoms with E-state index < -0.39 is 0 Å². The molecule has 0 atom stereocenters.